The van der Waals surface area contributed by atoms with Gasteiger partial charge in [0.2, 0.25) is 5.91 Å². The number of halogens is 2. The van der Waals surface area contributed by atoms with Crippen molar-refractivity contribution in [1.82, 2.24) is 14.9 Å². The fourth-order valence-electron chi connectivity index (χ4n) is 3.07. The second kappa shape index (κ2) is 7.35. The maximum atomic E-state index is 13.2. The van der Waals surface area contributed by atoms with E-state index in [0.29, 0.717) is 19.4 Å². The number of pyridine rings is 1. The molecule has 25 heavy (non-hydrogen) atoms. The molecule has 0 aliphatic rings. The Morgan fingerprint density at radius 1 is 1.32 bits per heavy atom. The van der Waals surface area contributed by atoms with E-state index >= 15 is 0 Å². The lowest BCUT2D eigenvalue weighted by atomic mass is 10.0. The predicted octanol–water partition coefficient (Wildman–Crippen LogP) is 3.74. The number of aryl methyl sites for hydroxylation is 1. The highest BCUT2D eigenvalue weighted by Gasteiger charge is 2.17. The van der Waals surface area contributed by atoms with E-state index in [1.165, 1.54) is 19.1 Å². The van der Waals surface area contributed by atoms with E-state index in [9.17, 15) is 9.18 Å². The first-order valence-electron chi connectivity index (χ1n) is 8.06. The van der Waals surface area contributed by atoms with E-state index in [1.807, 2.05) is 7.05 Å². The third-order valence-corrected chi connectivity index (χ3v) is 4.70. The smallest absolute Gasteiger partial charge is 0.216 e. The summed E-state index contributed by atoms with van der Waals surface area (Å²) in [6.45, 7) is 2.08. The van der Waals surface area contributed by atoms with Crippen molar-refractivity contribution < 1.29 is 9.18 Å². The molecule has 6 heteroatoms. The monoisotopic (exact) mass is 403 g/mol. The SMILES string of the molecule is CC(=O)NCCc1c(Cc2ccc(F)cc2)n(C)c2ncc(Br)cc12. The van der Waals surface area contributed by atoms with Crippen LogP contribution in [0, 0.1) is 5.82 Å². The predicted molar refractivity (Wildman–Crippen MR) is 100 cm³/mol. The lowest BCUT2D eigenvalue weighted by Crippen LogP contribution is -2.22. The zero-order valence-corrected chi connectivity index (χ0v) is 15.7. The summed E-state index contributed by atoms with van der Waals surface area (Å²) in [4.78, 5) is 15.7. The van der Waals surface area contributed by atoms with Crippen LogP contribution in [0.25, 0.3) is 11.0 Å². The van der Waals surface area contributed by atoms with Crippen LogP contribution >= 0.6 is 15.9 Å². The van der Waals surface area contributed by atoms with Crippen molar-refractivity contribution in [1.29, 1.82) is 0 Å². The fraction of sp³-hybridized carbons (Fsp3) is 0.263. The molecule has 1 aromatic carbocycles. The number of rotatable bonds is 5. The van der Waals surface area contributed by atoms with Crippen LogP contribution in [0.5, 0.6) is 0 Å². The summed E-state index contributed by atoms with van der Waals surface area (Å²) < 4.78 is 16.2. The minimum Gasteiger partial charge on any atom is -0.356 e. The molecular weight excluding hydrogens is 385 g/mol. The first-order chi connectivity index (χ1) is 12.0. The Balaban J connectivity index is 2.03. The van der Waals surface area contributed by atoms with Gasteiger partial charge in [0.05, 0.1) is 0 Å². The standard InChI is InChI=1S/C19H19BrFN3O/c1-12(25)22-8-7-16-17-10-14(20)11-23-19(17)24(2)18(16)9-13-3-5-15(21)6-4-13/h3-6,10-11H,7-9H2,1-2H3,(H,22,25). The summed E-state index contributed by atoms with van der Waals surface area (Å²) >= 11 is 3.48. The third kappa shape index (κ3) is 3.90. The van der Waals surface area contributed by atoms with Gasteiger partial charge in [0.15, 0.2) is 0 Å². The molecule has 3 rings (SSSR count). The first-order valence-corrected chi connectivity index (χ1v) is 8.85. The number of nitrogens with one attached hydrogen (secondary N) is 1. The highest BCUT2D eigenvalue weighted by atomic mass is 79.9. The van der Waals surface area contributed by atoms with Gasteiger partial charge in [0.1, 0.15) is 11.5 Å². The number of nitrogens with zero attached hydrogens (tertiary/aromatic N) is 2. The number of hydrogen-bond donors (Lipinski definition) is 1. The molecule has 0 aliphatic carbocycles. The number of hydrogen-bond acceptors (Lipinski definition) is 2. The maximum Gasteiger partial charge on any atom is 0.216 e. The molecular formula is C19H19BrFN3O. The summed E-state index contributed by atoms with van der Waals surface area (Å²) in [5, 5.41) is 3.92. The number of amides is 1. The Hall–Kier alpha value is -2.21. The van der Waals surface area contributed by atoms with Gasteiger partial charge in [-0.2, -0.15) is 0 Å². The van der Waals surface area contributed by atoms with Gasteiger partial charge in [0.25, 0.3) is 0 Å². The zero-order valence-electron chi connectivity index (χ0n) is 14.1. The second-order valence-corrected chi connectivity index (χ2v) is 6.96. The molecule has 0 atom stereocenters. The average molecular weight is 404 g/mol. The van der Waals surface area contributed by atoms with Gasteiger partial charge in [-0.3, -0.25) is 4.79 Å². The molecule has 0 fully saturated rings. The summed E-state index contributed by atoms with van der Waals surface area (Å²) in [7, 11) is 1.99. The van der Waals surface area contributed by atoms with Gasteiger partial charge in [-0.15, -0.1) is 0 Å². The van der Waals surface area contributed by atoms with Crippen molar-refractivity contribution in [3.8, 4) is 0 Å². The summed E-state index contributed by atoms with van der Waals surface area (Å²) in [5.41, 5.74) is 4.22. The summed E-state index contributed by atoms with van der Waals surface area (Å²) in [5.74, 6) is -0.281. The lowest BCUT2D eigenvalue weighted by molar-refractivity contribution is -0.118. The molecule has 0 radical (unpaired) electrons. The normalized spacial score (nSPS) is 11.0. The van der Waals surface area contributed by atoms with Crippen LogP contribution in [0.4, 0.5) is 4.39 Å². The highest BCUT2D eigenvalue weighted by molar-refractivity contribution is 9.10. The molecule has 3 aromatic rings. The van der Waals surface area contributed by atoms with Crippen molar-refractivity contribution >= 4 is 32.9 Å². The zero-order chi connectivity index (χ0) is 18.0. The van der Waals surface area contributed by atoms with Crippen molar-refractivity contribution in [2.24, 2.45) is 7.05 Å². The molecule has 0 aliphatic heterocycles. The molecule has 0 saturated heterocycles. The Kier molecular flexibility index (Phi) is 5.18. The molecule has 1 N–H and O–H groups in total. The molecule has 2 heterocycles. The van der Waals surface area contributed by atoms with Crippen LogP contribution in [0.1, 0.15) is 23.7 Å². The van der Waals surface area contributed by atoms with Gasteiger partial charge in [-0.1, -0.05) is 12.1 Å². The van der Waals surface area contributed by atoms with E-state index in [1.54, 1.807) is 18.3 Å². The van der Waals surface area contributed by atoms with Gasteiger partial charge in [-0.25, -0.2) is 9.37 Å². The van der Waals surface area contributed by atoms with Gasteiger partial charge in [0, 0.05) is 48.7 Å². The summed E-state index contributed by atoms with van der Waals surface area (Å²) in [6, 6.07) is 8.61. The minimum absolute atomic E-state index is 0.0420. The molecule has 0 bridgehead atoms. The Labute approximate surface area is 154 Å². The average Bonchev–Trinajstić information content (AvgIpc) is 2.81. The van der Waals surface area contributed by atoms with Crippen molar-refractivity contribution in [2.45, 2.75) is 19.8 Å². The maximum absolute atomic E-state index is 13.2. The van der Waals surface area contributed by atoms with E-state index in [0.717, 1.165) is 32.3 Å². The Bertz CT molecular complexity index is 919. The molecule has 0 spiro atoms. The van der Waals surface area contributed by atoms with E-state index in [-0.39, 0.29) is 11.7 Å². The van der Waals surface area contributed by atoms with E-state index in [4.69, 9.17) is 0 Å². The number of carbonyl (C=O) groups is 1. The third-order valence-electron chi connectivity index (χ3n) is 4.26. The number of aromatic nitrogens is 2. The fourth-order valence-corrected chi connectivity index (χ4v) is 3.40. The van der Waals surface area contributed by atoms with Crippen LogP contribution in [0.2, 0.25) is 0 Å². The second-order valence-electron chi connectivity index (χ2n) is 6.05. The molecule has 130 valence electrons. The van der Waals surface area contributed by atoms with Crippen molar-refractivity contribution in [2.75, 3.05) is 6.54 Å². The molecule has 0 unspecified atom stereocenters. The quantitative estimate of drug-likeness (QED) is 0.704. The van der Waals surface area contributed by atoms with Crippen molar-refractivity contribution in [3.05, 3.63) is 63.6 Å². The molecule has 2 aromatic heterocycles. The number of carbonyl (C=O) groups excluding carboxylic acids is 1. The largest absolute Gasteiger partial charge is 0.356 e. The van der Waals surface area contributed by atoms with E-state index < -0.39 is 0 Å². The van der Waals surface area contributed by atoms with Crippen LogP contribution in [0.15, 0.2) is 41.0 Å². The van der Waals surface area contributed by atoms with Crippen LogP contribution < -0.4 is 5.32 Å². The van der Waals surface area contributed by atoms with Gasteiger partial charge in [-0.05, 0) is 51.7 Å². The Morgan fingerprint density at radius 3 is 2.72 bits per heavy atom. The van der Waals surface area contributed by atoms with Crippen molar-refractivity contribution in [3.63, 3.8) is 0 Å². The highest BCUT2D eigenvalue weighted by Crippen LogP contribution is 2.28. The van der Waals surface area contributed by atoms with Crippen LogP contribution in [-0.4, -0.2) is 22.0 Å². The lowest BCUT2D eigenvalue weighted by Gasteiger charge is -2.09. The molecule has 4 nitrogen and oxygen atoms in total. The van der Waals surface area contributed by atoms with Crippen LogP contribution in [-0.2, 0) is 24.7 Å². The Morgan fingerprint density at radius 2 is 2.04 bits per heavy atom. The van der Waals surface area contributed by atoms with Crippen LogP contribution in [0.3, 0.4) is 0 Å². The van der Waals surface area contributed by atoms with Gasteiger partial charge >= 0.3 is 0 Å². The topological polar surface area (TPSA) is 46.9 Å². The number of benzene rings is 1. The number of fused-ring (bicyclic) bond motifs is 1. The van der Waals surface area contributed by atoms with E-state index in [2.05, 4.69) is 36.9 Å². The van der Waals surface area contributed by atoms with Gasteiger partial charge < -0.3 is 9.88 Å². The molecule has 0 saturated carbocycles. The first kappa shape index (κ1) is 17.6. The molecule has 1 amide bonds. The summed E-state index contributed by atoms with van der Waals surface area (Å²) in [6.07, 6.45) is 3.17. The minimum atomic E-state index is -0.239.